The van der Waals surface area contributed by atoms with Crippen molar-refractivity contribution >= 4 is 11.5 Å². The van der Waals surface area contributed by atoms with Crippen LogP contribution in [-0.2, 0) is 13.0 Å². The zero-order chi connectivity index (χ0) is 19.1. The Labute approximate surface area is 167 Å². The van der Waals surface area contributed by atoms with Gasteiger partial charge in [-0.05, 0) is 74.5 Å². The quantitative estimate of drug-likeness (QED) is 0.807. The van der Waals surface area contributed by atoms with Gasteiger partial charge in [-0.25, -0.2) is 9.37 Å². The van der Waals surface area contributed by atoms with Crippen LogP contribution in [0.4, 0.5) is 15.9 Å². The first kappa shape index (κ1) is 17.9. The number of fused-ring (bicyclic) bond motifs is 1. The fourth-order valence-electron chi connectivity index (χ4n) is 5.23. The molecule has 0 N–H and O–H groups in total. The fourth-order valence-corrected chi connectivity index (χ4v) is 5.23. The Balaban J connectivity index is 1.28. The summed E-state index contributed by atoms with van der Waals surface area (Å²) in [6.45, 7) is 7.77. The number of nitrogens with zero attached hydrogens (tertiary/aromatic N) is 4. The lowest BCUT2D eigenvalue weighted by Gasteiger charge is -2.31. The summed E-state index contributed by atoms with van der Waals surface area (Å²) in [7, 11) is 0. The van der Waals surface area contributed by atoms with E-state index in [-0.39, 0.29) is 5.82 Å². The van der Waals surface area contributed by atoms with E-state index in [2.05, 4.69) is 44.8 Å². The van der Waals surface area contributed by atoms with Crippen LogP contribution in [0.5, 0.6) is 0 Å². The monoisotopic (exact) mass is 380 g/mol. The zero-order valence-corrected chi connectivity index (χ0v) is 16.6. The van der Waals surface area contributed by atoms with Gasteiger partial charge in [0.05, 0.1) is 6.20 Å². The van der Waals surface area contributed by atoms with E-state index < -0.39 is 0 Å². The Morgan fingerprint density at radius 3 is 2.71 bits per heavy atom. The molecule has 3 aliphatic heterocycles. The highest BCUT2D eigenvalue weighted by Gasteiger charge is 2.33. The van der Waals surface area contributed by atoms with E-state index in [0.717, 1.165) is 44.5 Å². The molecule has 3 aliphatic rings. The van der Waals surface area contributed by atoms with Crippen LogP contribution in [0.2, 0.25) is 0 Å². The molecule has 0 aliphatic carbocycles. The second-order valence-electron chi connectivity index (χ2n) is 8.58. The molecule has 2 unspecified atom stereocenters. The molecule has 0 spiro atoms. The van der Waals surface area contributed by atoms with E-state index in [1.807, 2.05) is 0 Å². The Morgan fingerprint density at radius 2 is 1.93 bits per heavy atom. The molecule has 148 valence electrons. The van der Waals surface area contributed by atoms with Crippen LogP contribution in [-0.4, -0.2) is 48.1 Å². The Bertz CT molecular complexity index is 837. The molecule has 5 rings (SSSR count). The number of hydrogen-bond acceptors (Lipinski definition) is 4. The summed E-state index contributed by atoms with van der Waals surface area (Å²) in [5, 5.41) is 0. The van der Waals surface area contributed by atoms with Gasteiger partial charge in [-0.3, -0.25) is 4.90 Å². The van der Waals surface area contributed by atoms with Crippen molar-refractivity contribution in [2.75, 3.05) is 36.0 Å². The number of benzene rings is 1. The maximum absolute atomic E-state index is 13.1. The van der Waals surface area contributed by atoms with Crippen LogP contribution < -0.4 is 9.80 Å². The molecule has 1 aromatic carbocycles. The van der Waals surface area contributed by atoms with Crippen LogP contribution in [0.3, 0.4) is 0 Å². The molecule has 0 saturated carbocycles. The average Bonchev–Trinajstić information content (AvgIpc) is 3.36. The van der Waals surface area contributed by atoms with E-state index >= 15 is 0 Å². The third-order valence-corrected chi connectivity index (χ3v) is 6.84. The van der Waals surface area contributed by atoms with E-state index in [1.165, 1.54) is 54.9 Å². The number of pyridine rings is 1. The molecular weight excluding hydrogens is 351 g/mol. The highest BCUT2D eigenvalue weighted by molar-refractivity contribution is 5.54. The van der Waals surface area contributed by atoms with Gasteiger partial charge in [0.2, 0.25) is 0 Å². The van der Waals surface area contributed by atoms with Gasteiger partial charge in [0.25, 0.3) is 0 Å². The lowest BCUT2D eigenvalue weighted by molar-refractivity contribution is 0.204. The maximum atomic E-state index is 13.1. The van der Waals surface area contributed by atoms with Crippen LogP contribution in [0.25, 0.3) is 0 Å². The van der Waals surface area contributed by atoms with Gasteiger partial charge in [-0.1, -0.05) is 6.07 Å². The molecule has 2 aromatic rings. The predicted molar refractivity (Wildman–Crippen MR) is 111 cm³/mol. The predicted octanol–water partition coefficient (Wildman–Crippen LogP) is 3.85. The van der Waals surface area contributed by atoms with Crippen molar-refractivity contribution in [1.29, 1.82) is 0 Å². The van der Waals surface area contributed by atoms with Gasteiger partial charge in [-0.15, -0.1) is 0 Å². The summed E-state index contributed by atoms with van der Waals surface area (Å²) in [5.74, 6) is 0.580. The minimum absolute atomic E-state index is 0.280. The van der Waals surface area contributed by atoms with Gasteiger partial charge < -0.3 is 9.80 Å². The molecule has 2 fully saturated rings. The molecule has 0 amide bonds. The number of likely N-dealkylation sites (tertiary alicyclic amines) is 1. The van der Waals surface area contributed by atoms with Crippen molar-refractivity contribution < 1.29 is 4.39 Å². The smallest absolute Gasteiger partial charge is 0.141 e. The van der Waals surface area contributed by atoms with E-state index in [1.54, 1.807) is 6.07 Å². The first-order valence-corrected chi connectivity index (χ1v) is 10.7. The third-order valence-electron chi connectivity index (χ3n) is 6.84. The van der Waals surface area contributed by atoms with Crippen LogP contribution >= 0.6 is 0 Å². The van der Waals surface area contributed by atoms with Crippen LogP contribution in [0.1, 0.15) is 37.3 Å². The summed E-state index contributed by atoms with van der Waals surface area (Å²) in [6, 6.07) is 11.7. The Hall–Kier alpha value is -2.14. The number of aromatic nitrogens is 1. The van der Waals surface area contributed by atoms with Crippen molar-refractivity contribution in [2.45, 2.75) is 51.2 Å². The Morgan fingerprint density at radius 1 is 1.00 bits per heavy atom. The van der Waals surface area contributed by atoms with Crippen molar-refractivity contribution in [3.05, 3.63) is 53.5 Å². The SMILES string of the molecule is CC1CCCN1C1CCN(c2ccc3c(c2)CCN(c2ccc(F)cn2)C3)C1. The minimum Gasteiger partial charge on any atom is -0.370 e. The normalized spacial score (nSPS) is 25.4. The van der Waals surface area contributed by atoms with Crippen molar-refractivity contribution in [2.24, 2.45) is 0 Å². The third kappa shape index (κ3) is 3.37. The fraction of sp³-hybridized carbons (Fsp3) is 0.522. The van der Waals surface area contributed by atoms with Crippen LogP contribution in [0.15, 0.2) is 36.5 Å². The molecule has 2 atom stereocenters. The largest absolute Gasteiger partial charge is 0.370 e. The summed E-state index contributed by atoms with van der Waals surface area (Å²) in [4.78, 5) is 11.8. The average molecular weight is 381 g/mol. The second kappa shape index (κ2) is 7.36. The minimum atomic E-state index is -0.280. The molecule has 0 radical (unpaired) electrons. The van der Waals surface area contributed by atoms with Crippen molar-refractivity contribution in [1.82, 2.24) is 9.88 Å². The topological polar surface area (TPSA) is 22.6 Å². The van der Waals surface area contributed by atoms with Crippen LogP contribution in [0, 0.1) is 5.82 Å². The summed E-state index contributed by atoms with van der Waals surface area (Å²) >= 11 is 0. The Kier molecular flexibility index (Phi) is 4.71. The molecule has 4 heterocycles. The molecule has 1 aromatic heterocycles. The molecule has 28 heavy (non-hydrogen) atoms. The van der Waals surface area contributed by atoms with Gasteiger partial charge in [-0.2, -0.15) is 0 Å². The van der Waals surface area contributed by atoms with Gasteiger partial charge in [0.1, 0.15) is 11.6 Å². The lowest BCUT2D eigenvalue weighted by atomic mass is 9.98. The lowest BCUT2D eigenvalue weighted by Crippen LogP contribution is -2.39. The van der Waals surface area contributed by atoms with E-state index in [0.29, 0.717) is 6.04 Å². The summed E-state index contributed by atoms with van der Waals surface area (Å²) in [5.41, 5.74) is 4.19. The molecule has 5 heteroatoms. The summed E-state index contributed by atoms with van der Waals surface area (Å²) < 4.78 is 13.1. The zero-order valence-electron chi connectivity index (χ0n) is 16.6. The molecular formula is C23H29FN4. The first-order chi connectivity index (χ1) is 13.7. The highest BCUT2D eigenvalue weighted by atomic mass is 19.1. The molecule has 2 saturated heterocycles. The highest BCUT2D eigenvalue weighted by Crippen LogP contribution is 2.31. The summed E-state index contributed by atoms with van der Waals surface area (Å²) in [6.07, 6.45) is 6.32. The number of anilines is 2. The van der Waals surface area contributed by atoms with E-state index in [9.17, 15) is 4.39 Å². The standard InChI is InChI=1S/C23H29FN4/c1-17-3-2-10-28(17)22-9-12-26(16-22)21-6-4-19-15-27(11-8-18(19)13-21)23-7-5-20(24)14-25-23/h4-7,13-14,17,22H,2-3,8-12,15-16H2,1H3. The number of halogens is 1. The molecule has 4 nitrogen and oxygen atoms in total. The van der Waals surface area contributed by atoms with Gasteiger partial charge in [0, 0.05) is 44.0 Å². The number of hydrogen-bond donors (Lipinski definition) is 0. The first-order valence-electron chi connectivity index (χ1n) is 10.7. The van der Waals surface area contributed by atoms with Gasteiger partial charge in [0.15, 0.2) is 0 Å². The molecule has 0 bridgehead atoms. The van der Waals surface area contributed by atoms with E-state index in [4.69, 9.17) is 0 Å². The second-order valence-corrected chi connectivity index (χ2v) is 8.58. The van der Waals surface area contributed by atoms with Crippen molar-refractivity contribution in [3.63, 3.8) is 0 Å². The maximum Gasteiger partial charge on any atom is 0.141 e. The van der Waals surface area contributed by atoms with Crippen molar-refractivity contribution in [3.8, 4) is 0 Å². The number of rotatable bonds is 3. The van der Waals surface area contributed by atoms with Gasteiger partial charge >= 0.3 is 0 Å².